The van der Waals surface area contributed by atoms with Crippen LogP contribution in [0.3, 0.4) is 0 Å². The molecule has 1 saturated heterocycles. The van der Waals surface area contributed by atoms with Crippen molar-refractivity contribution in [3.05, 3.63) is 34.3 Å². The minimum Gasteiger partial charge on any atom is -0.481 e. The van der Waals surface area contributed by atoms with Gasteiger partial charge in [-0.15, -0.1) is 21.5 Å². The van der Waals surface area contributed by atoms with E-state index < -0.39 is 79.7 Å². The first-order valence-corrected chi connectivity index (χ1v) is 16.4. The Kier molecular flexibility index (Phi) is 9.97. The molecule has 0 saturated carbocycles. The molecule has 0 radical (unpaired) electrons. The first kappa shape index (κ1) is 34.7. The molecule has 1 amide bonds. The van der Waals surface area contributed by atoms with Crippen LogP contribution >= 0.6 is 22.9 Å². The van der Waals surface area contributed by atoms with E-state index >= 15 is 0 Å². The first-order chi connectivity index (χ1) is 20.9. The lowest BCUT2D eigenvalue weighted by Gasteiger charge is -2.31. The van der Waals surface area contributed by atoms with Crippen LogP contribution in [0.5, 0.6) is 0 Å². The fourth-order valence-electron chi connectivity index (χ4n) is 4.39. The molecule has 45 heavy (non-hydrogen) atoms. The molecule has 1 aromatic carbocycles. The predicted molar refractivity (Wildman–Crippen MR) is 156 cm³/mol. The van der Waals surface area contributed by atoms with Crippen LogP contribution in [0.25, 0.3) is 21.3 Å². The molecule has 3 heterocycles. The second kappa shape index (κ2) is 12.9. The van der Waals surface area contributed by atoms with Crippen molar-refractivity contribution in [1.29, 1.82) is 0 Å². The number of aromatic nitrogens is 3. The number of carboxylic acids is 1. The lowest BCUT2D eigenvalue weighted by atomic mass is 9.90. The number of carbonyl (C=O) groups is 2. The van der Waals surface area contributed by atoms with E-state index in [2.05, 4.69) is 19.9 Å². The summed E-state index contributed by atoms with van der Waals surface area (Å²) in [7, 11) is -4.32. The summed E-state index contributed by atoms with van der Waals surface area (Å²) in [6.45, 7) is 5.55. The maximum atomic E-state index is 14.6. The average Bonchev–Trinajstić information content (AvgIpc) is 3.59. The smallest absolute Gasteiger partial charge is 0.309 e. The van der Waals surface area contributed by atoms with Crippen molar-refractivity contribution >= 4 is 44.8 Å². The van der Waals surface area contributed by atoms with E-state index in [0.29, 0.717) is 17.8 Å². The number of amides is 1. The van der Waals surface area contributed by atoms with Crippen LogP contribution in [-0.4, -0.2) is 70.5 Å². The Morgan fingerprint density at radius 2 is 1.87 bits per heavy atom. The number of nitrogens with one attached hydrogen (secondary N) is 1. The van der Waals surface area contributed by atoms with Gasteiger partial charge in [0.1, 0.15) is 10.6 Å². The van der Waals surface area contributed by atoms with Crippen molar-refractivity contribution in [2.75, 3.05) is 13.1 Å². The van der Waals surface area contributed by atoms with Gasteiger partial charge in [0.2, 0.25) is 15.9 Å². The number of sulfonamides is 1. The monoisotopic (exact) mass is 695 g/mol. The number of thiazole rings is 1. The largest absolute Gasteiger partial charge is 0.481 e. The van der Waals surface area contributed by atoms with Crippen molar-refractivity contribution in [3.8, 4) is 21.3 Å². The standard InChI is InChI=1S/C27H30ClF4N5O6S2/c1-5-13(2)36-45(41,42)15-7-6-14(17(18(15)28)21(29)30)20-19(24(38)37-10-8-27(31,32)9-11-37)33-23(44-20)22-35-34-16(43-22)12-26(3,4)25(39)40/h6-7,13,21,36H,5,8-12H2,1-4H3,(H,39,40)/t13-/m1/s1. The quantitative estimate of drug-likeness (QED) is 0.228. The molecule has 0 unspecified atom stereocenters. The van der Waals surface area contributed by atoms with Gasteiger partial charge in [0, 0.05) is 49.5 Å². The fourth-order valence-corrected chi connectivity index (χ4v) is 7.38. The van der Waals surface area contributed by atoms with E-state index in [1.807, 2.05) is 0 Å². The Labute approximate surface area is 265 Å². The van der Waals surface area contributed by atoms with E-state index in [-0.39, 0.29) is 46.7 Å². The molecule has 0 aliphatic carbocycles. The van der Waals surface area contributed by atoms with Crippen molar-refractivity contribution < 1.29 is 45.1 Å². The van der Waals surface area contributed by atoms with Crippen molar-refractivity contribution in [1.82, 2.24) is 24.8 Å². The van der Waals surface area contributed by atoms with E-state index in [1.54, 1.807) is 13.8 Å². The first-order valence-electron chi connectivity index (χ1n) is 13.7. The third-order valence-electron chi connectivity index (χ3n) is 7.30. The number of hydrogen-bond acceptors (Lipinski definition) is 9. The predicted octanol–water partition coefficient (Wildman–Crippen LogP) is 6.05. The summed E-state index contributed by atoms with van der Waals surface area (Å²) in [5.41, 5.74) is -2.85. The highest BCUT2D eigenvalue weighted by Crippen LogP contribution is 2.45. The van der Waals surface area contributed by atoms with Gasteiger partial charge in [-0.2, -0.15) is 0 Å². The van der Waals surface area contributed by atoms with Gasteiger partial charge in [-0.1, -0.05) is 24.6 Å². The zero-order valence-electron chi connectivity index (χ0n) is 24.5. The van der Waals surface area contributed by atoms with Crippen LogP contribution in [0.4, 0.5) is 17.6 Å². The summed E-state index contributed by atoms with van der Waals surface area (Å²) >= 11 is 7.00. The third-order valence-corrected chi connectivity index (χ3v) is 10.5. The highest BCUT2D eigenvalue weighted by Gasteiger charge is 2.38. The summed E-state index contributed by atoms with van der Waals surface area (Å²) in [5, 5.41) is 16.3. The number of alkyl halides is 4. The minimum absolute atomic E-state index is 0.0695. The number of piperidine rings is 1. The Morgan fingerprint density at radius 1 is 1.22 bits per heavy atom. The van der Waals surface area contributed by atoms with Gasteiger partial charge in [0.05, 0.1) is 15.3 Å². The van der Waals surface area contributed by atoms with Crippen molar-refractivity contribution in [2.45, 2.75) is 76.7 Å². The van der Waals surface area contributed by atoms with Crippen LogP contribution in [-0.2, 0) is 21.2 Å². The Balaban J connectivity index is 1.85. The number of likely N-dealkylation sites (tertiary alicyclic amines) is 1. The van der Waals surface area contributed by atoms with Gasteiger partial charge in [-0.05, 0) is 33.3 Å². The lowest BCUT2D eigenvalue weighted by Crippen LogP contribution is -2.43. The zero-order chi connectivity index (χ0) is 33.5. The summed E-state index contributed by atoms with van der Waals surface area (Å²) in [6, 6.07) is 1.58. The molecule has 4 rings (SSSR count). The van der Waals surface area contributed by atoms with E-state index in [0.717, 1.165) is 17.0 Å². The summed E-state index contributed by atoms with van der Waals surface area (Å²) < 4.78 is 90.8. The van der Waals surface area contributed by atoms with Gasteiger partial charge in [-0.25, -0.2) is 35.7 Å². The second-order valence-corrected chi connectivity index (χ2v) is 14.3. The Morgan fingerprint density at radius 3 is 2.44 bits per heavy atom. The van der Waals surface area contributed by atoms with Crippen LogP contribution < -0.4 is 4.72 Å². The summed E-state index contributed by atoms with van der Waals surface area (Å²) in [6.07, 6.45) is -4.27. The number of rotatable bonds is 11. The van der Waals surface area contributed by atoms with Gasteiger partial charge in [0.15, 0.2) is 5.01 Å². The van der Waals surface area contributed by atoms with Gasteiger partial charge in [-0.3, -0.25) is 9.59 Å². The lowest BCUT2D eigenvalue weighted by molar-refractivity contribution is -0.147. The van der Waals surface area contributed by atoms with E-state index in [9.17, 15) is 40.7 Å². The molecule has 1 atom stereocenters. The van der Waals surface area contributed by atoms with E-state index in [1.165, 1.54) is 13.8 Å². The zero-order valence-corrected chi connectivity index (χ0v) is 26.9. The topological polar surface area (TPSA) is 156 Å². The summed E-state index contributed by atoms with van der Waals surface area (Å²) in [4.78, 5) is 29.8. The number of halogens is 5. The summed E-state index contributed by atoms with van der Waals surface area (Å²) in [5.74, 6) is -5.25. The SMILES string of the molecule is CC[C@@H](C)NS(=O)(=O)c1ccc(-c2sc(-c3nnc(CC(C)(C)C(=O)O)o3)nc2C(=O)N2CCC(F)(F)CC2)c(C(F)F)c1Cl. The fraction of sp³-hybridized carbons (Fsp3) is 0.519. The van der Waals surface area contributed by atoms with Crippen LogP contribution in [0, 0.1) is 5.41 Å². The molecular formula is C27H30ClF4N5O6S2. The number of nitrogens with zero attached hydrogens (tertiary/aromatic N) is 4. The number of carboxylic acid groups (broad SMARTS) is 1. The maximum absolute atomic E-state index is 14.6. The van der Waals surface area contributed by atoms with Crippen molar-refractivity contribution in [3.63, 3.8) is 0 Å². The highest BCUT2D eigenvalue weighted by atomic mass is 35.5. The molecule has 246 valence electrons. The van der Waals surface area contributed by atoms with Gasteiger partial charge < -0.3 is 14.4 Å². The molecule has 1 fully saturated rings. The Hall–Kier alpha value is -3.15. The Bertz CT molecular complexity index is 1700. The number of carbonyl (C=O) groups excluding carboxylic acids is 1. The molecule has 2 N–H and O–H groups in total. The molecule has 1 aliphatic heterocycles. The van der Waals surface area contributed by atoms with E-state index in [4.69, 9.17) is 16.0 Å². The molecule has 2 aromatic heterocycles. The number of aliphatic carboxylic acids is 1. The average molecular weight is 696 g/mol. The molecule has 1 aliphatic rings. The van der Waals surface area contributed by atoms with Crippen LogP contribution in [0.2, 0.25) is 5.02 Å². The van der Waals surface area contributed by atoms with Gasteiger partial charge >= 0.3 is 5.97 Å². The van der Waals surface area contributed by atoms with Crippen molar-refractivity contribution in [2.24, 2.45) is 5.41 Å². The molecule has 0 spiro atoms. The maximum Gasteiger partial charge on any atom is 0.309 e. The van der Waals surface area contributed by atoms with Gasteiger partial charge in [0.25, 0.3) is 24.1 Å². The van der Waals surface area contributed by atoms with Crippen LogP contribution in [0.1, 0.15) is 75.3 Å². The number of benzene rings is 1. The molecule has 3 aromatic rings. The molecule has 11 nitrogen and oxygen atoms in total. The number of hydrogen-bond donors (Lipinski definition) is 2. The van der Waals surface area contributed by atoms with Crippen LogP contribution in [0.15, 0.2) is 21.4 Å². The molecular weight excluding hydrogens is 666 g/mol. The normalized spacial score (nSPS) is 16.3. The third kappa shape index (κ3) is 7.47. The second-order valence-electron chi connectivity index (χ2n) is 11.3. The molecule has 18 heteroatoms. The highest BCUT2D eigenvalue weighted by molar-refractivity contribution is 7.89. The minimum atomic E-state index is -4.32. The molecule has 0 bridgehead atoms.